The molecule has 0 radical (unpaired) electrons. The average molecular weight is 493 g/mol. The maximum absolute atomic E-state index is 13.7. The third-order valence-electron chi connectivity index (χ3n) is 8.20. The van der Waals surface area contributed by atoms with Gasteiger partial charge in [0.25, 0.3) is 0 Å². The van der Waals surface area contributed by atoms with Crippen LogP contribution < -0.4 is 0 Å². The molecule has 2 aliphatic carbocycles. The molecule has 6 rings (SSSR count). The molecule has 3 heterocycles. The largest absolute Gasteiger partial charge is 0.298 e. The number of ketones is 1. The van der Waals surface area contributed by atoms with Crippen LogP contribution in [-0.4, -0.2) is 30.5 Å². The second-order valence-corrected chi connectivity index (χ2v) is 10.3. The fourth-order valence-corrected chi connectivity index (χ4v) is 6.46. The molecule has 0 N–H and O–H groups in total. The van der Waals surface area contributed by atoms with Gasteiger partial charge in [-0.2, -0.15) is 10.4 Å². The Labute approximate surface area is 214 Å². The molecule has 8 heteroatoms. The normalized spacial score (nSPS) is 24.7. The first-order valence-electron chi connectivity index (χ1n) is 12.4. The number of carbonyl (C=O) groups excluding carboxylic acids is 1. The number of fused-ring (bicyclic) bond motifs is 3. The van der Waals surface area contributed by atoms with E-state index < -0.39 is 11.3 Å². The third kappa shape index (κ3) is 3.65. The number of pyridine rings is 1. The predicted molar refractivity (Wildman–Crippen MR) is 135 cm³/mol. The Bertz CT molecular complexity index is 1540. The molecule has 0 amide bonds. The number of rotatable bonds is 3. The number of carbonyl (C=O) groups is 1. The minimum Gasteiger partial charge on any atom is -0.298 e. The number of hydrogen-bond acceptors (Lipinski definition) is 6. The molecule has 0 aliphatic heterocycles. The number of hydrogen-bond donors (Lipinski definition) is 0. The van der Waals surface area contributed by atoms with Crippen LogP contribution in [0.1, 0.15) is 37.9 Å². The van der Waals surface area contributed by atoms with E-state index in [4.69, 9.17) is 5.10 Å². The lowest BCUT2D eigenvalue weighted by Crippen LogP contribution is -2.51. The molecular weight excluding hydrogens is 467 g/mol. The van der Waals surface area contributed by atoms with Gasteiger partial charge in [-0.1, -0.05) is 26.0 Å². The molecule has 1 aromatic carbocycles. The zero-order valence-corrected chi connectivity index (χ0v) is 20.6. The van der Waals surface area contributed by atoms with E-state index in [9.17, 15) is 14.4 Å². The predicted octanol–water partition coefficient (Wildman–Crippen LogP) is 5.10. The topological polar surface area (TPSA) is 97.4 Å². The molecule has 4 atom stereocenters. The summed E-state index contributed by atoms with van der Waals surface area (Å²) in [6.07, 6.45) is 8.13. The van der Waals surface area contributed by atoms with Crippen molar-refractivity contribution < 1.29 is 9.18 Å². The van der Waals surface area contributed by atoms with Crippen LogP contribution in [0.2, 0.25) is 0 Å². The van der Waals surface area contributed by atoms with Crippen LogP contribution in [0.3, 0.4) is 0 Å². The van der Waals surface area contributed by atoms with Crippen molar-refractivity contribution in [2.24, 2.45) is 17.8 Å². The summed E-state index contributed by atoms with van der Waals surface area (Å²) in [5.41, 5.74) is 5.67. The fourth-order valence-electron chi connectivity index (χ4n) is 6.46. The fraction of sp³-hybridized carbons (Fsp3) is 0.310. The Balaban J connectivity index is 1.53. The molecule has 37 heavy (non-hydrogen) atoms. The van der Waals surface area contributed by atoms with Gasteiger partial charge in [0.15, 0.2) is 5.78 Å². The number of benzene rings is 1. The summed E-state index contributed by atoms with van der Waals surface area (Å²) in [6.45, 7) is 4.14. The van der Waals surface area contributed by atoms with Crippen LogP contribution in [0.15, 0.2) is 61.3 Å². The lowest BCUT2D eigenvalue weighted by Gasteiger charge is -2.49. The molecule has 1 fully saturated rings. The van der Waals surface area contributed by atoms with Gasteiger partial charge in [-0.15, -0.1) is 0 Å². The van der Waals surface area contributed by atoms with Crippen LogP contribution in [0, 0.1) is 34.9 Å². The Morgan fingerprint density at radius 3 is 2.65 bits per heavy atom. The first-order valence-corrected chi connectivity index (χ1v) is 12.4. The zero-order valence-electron chi connectivity index (χ0n) is 20.6. The van der Waals surface area contributed by atoms with Gasteiger partial charge >= 0.3 is 0 Å². The van der Waals surface area contributed by atoms with Crippen LogP contribution in [0.25, 0.3) is 28.2 Å². The molecule has 1 saturated carbocycles. The van der Waals surface area contributed by atoms with Crippen molar-refractivity contribution in [2.75, 3.05) is 0 Å². The Morgan fingerprint density at radius 2 is 1.95 bits per heavy atom. The van der Waals surface area contributed by atoms with Gasteiger partial charge in [0.2, 0.25) is 0 Å². The second-order valence-electron chi connectivity index (χ2n) is 10.3. The monoisotopic (exact) mass is 492 g/mol. The quantitative estimate of drug-likeness (QED) is 0.395. The van der Waals surface area contributed by atoms with Gasteiger partial charge < -0.3 is 0 Å². The smallest absolute Gasteiger partial charge is 0.153 e. The minimum atomic E-state index is -0.643. The van der Waals surface area contributed by atoms with Crippen molar-refractivity contribution in [3.05, 3.63) is 78.4 Å². The maximum Gasteiger partial charge on any atom is 0.153 e. The molecule has 0 bridgehead atoms. The lowest BCUT2D eigenvalue weighted by molar-refractivity contribution is -0.132. The zero-order chi connectivity index (χ0) is 25.7. The van der Waals surface area contributed by atoms with Gasteiger partial charge in [-0.25, -0.2) is 19.0 Å². The lowest BCUT2D eigenvalue weighted by atomic mass is 9.54. The minimum absolute atomic E-state index is 0.0450. The van der Waals surface area contributed by atoms with Crippen molar-refractivity contribution in [1.29, 1.82) is 5.26 Å². The van der Waals surface area contributed by atoms with Crippen LogP contribution >= 0.6 is 0 Å². The van der Waals surface area contributed by atoms with Gasteiger partial charge in [-0.05, 0) is 55.0 Å². The summed E-state index contributed by atoms with van der Waals surface area (Å²) in [5, 5.41) is 14.9. The Kier molecular flexibility index (Phi) is 5.45. The standard InChI is InChI=1S/C29H25FN6O/c1-17-24-8-7-23-26(25-9-10-32-16-34-25)35-36(28(23)29(24,2)12-20(13-31)27(17)37)22-5-3-18(4-6-22)19-11-21(30)15-33-14-19/h3-6,9-11,14-17,20,24H,7-8,12H2,1-2H3/t17-,20?,24-,29?/m1/s1. The van der Waals surface area contributed by atoms with Crippen molar-refractivity contribution in [3.63, 3.8) is 0 Å². The maximum atomic E-state index is 13.7. The Morgan fingerprint density at radius 1 is 1.14 bits per heavy atom. The number of Topliss-reactive ketones (excluding diaryl/α,β-unsaturated/α-hetero) is 1. The molecule has 2 aliphatic rings. The van der Waals surface area contributed by atoms with Gasteiger partial charge in [0.1, 0.15) is 23.8 Å². The molecule has 3 aromatic heterocycles. The number of aromatic nitrogens is 5. The molecule has 7 nitrogen and oxygen atoms in total. The van der Waals surface area contributed by atoms with E-state index in [1.807, 2.05) is 41.9 Å². The first-order chi connectivity index (χ1) is 17.9. The summed E-state index contributed by atoms with van der Waals surface area (Å²) in [4.78, 5) is 25.4. The highest BCUT2D eigenvalue weighted by molar-refractivity contribution is 5.87. The van der Waals surface area contributed by atoms with Gasteiger partial charge in [0.05, 0.1) is 29.3 Å². The first kappa shape index (κ1) is 23.2. The molecule has 0 spiro atoms. The molecular formula is C29H25FN6O. The summed E-state index contributed by atoms with van der Waals surface area (Å²) in [5.74, 6) is -1.07. The van der Waals surface area contributed by atoms with Crippen LogP contribution in [0.4, 0.5) is 4.39 Å². The van der Waals surface area contributed by atoms with E-state index in [0.29, 0.717) is 12.0 Å². The number of nitrogens with zero attached hydrogens (tertiary/aromatic N) is 6. The van der Waals surface area contributed by atoms with E-state index in [1.54, 1.807) is 12.4 Å². The summed E-state index contributed by atoms with van der Waals surface area (Å²) in [6, 6.07) is 13.4. The van der Waals surface area contributed by atoms with E-state index in [0.717, 1.165) is 46.7 Å². The molecule has 184 valence electrons. The van der Waals surface area contributed by atoms with E-state index in [-0.39, 0.29) is 23.4 Å². The van der Waals surface area contributed by atoms with Gasteiger partial charge in [0, 0.05) is 34.9 Å². The van der Waals surface area contributed by atoms with Crippen molar-refractivity contribution in [1.82, 2.24) is 24.7 Å². The molecule has 2 unspecified atom stereocenters. The van der Waals surface area contributed by atoms with E-state index in [1.165, 1.54) is 18.6 Å². The van der Waals surface area contributed by atoms with E-state index >= 15 is 0 Å². The third-order valence-corrected chi connectivity index (χ3v) is 8.20. The number of nitriles is 1. The highest BCUT2D eigenvalue weighted by Crippen LogP contribution is 2.54. The SMILES string of the molecule is C[C@H]1C(=O)C(C#N)CC2(C)c3c(c(-c4ccncn4)nn3-c3ccc(-c4cncc(F)c4)cc3)CC[C@H]12. The van der Waals surface area contributed by atoms with Crippen molar-refractivity contribution in [3.8, 4) is 34.3 Å². The summed E-state index contributed by atoms with van der Waals surface area (Å²) in [7, 11) is 0. The van der Waals surface area contributed by atoms with Crippen LogP contribution in [-0.2, 0) is 16.6 Å². The highest BCUT2D eigenvalue weighted by atomic mass is 19.1. The highest BCUT2D eigenvalue weighted by Gasteiger charge is 2.54. The second kappa shape index (κ2) is 8.70. The summed E-state index contributed by atoms with van der Waals surface area (Å²) >= 11 is 0. The van der Waals surface area contributed by atoms with Crippen LogP contribution in [0.5, 0.6) is 0 Å². The van der Waals surface area contributed by atoms with Crippen molar-refractivity contribution >= 4 is 5.78 Å². The van der Waals surface area contributed by atoms with Gasteiger partial charge in [-0.3, -0.25) is 9.78 Å². The molecule has 4 aromatic rings. The van der Waals surface area contributed by atoms with E-state index in [2.05, 4.69) is 27.9 Å². The summed E-state index contributed by atoms with van der Waals surface area (Å²) < 4.78 is 15.7. The number of halogens is 1. The average Bonchev–Trinajstić information content (AvgIpc) is 3.32. The molecule has 0 saturated heterocycles. The Hall–Kier alpha value is -4.25. The van der Waals surface area contributed by atoms with Crippen molar-refractivity contribution in [2.45, 2.75) is 38.5 Å².